The number of cyclic esters (lactones) is 1. The van der Waals surface area contributed by atoms with Crippen LogP contribution >= 0.6 is 27.5 Å². The molecular weight excluding hydrogens is 428 g/mol. The van der Waals surface area contributed by atoms with Crippen molar-refractivity contribution in [3.05, 3.63) is 67.1 Å². The van der Waals surface area contributed by atoms with Gasteiger partial charge in [-0.25, -0.2) is 4.79 Å². The van der Waals surface area contributed by atoms with Gasteiger partial charge >= 0.3 is 5.97 Å². The third-order valence-electron chi connectivity index (χ3n) is 4.02. The summed E-state index contributed by atoms with van der Waals surface area (Å²) in [7, 11) is 0. The zero-order valence-electron chi connectivity index (χ0n) is 13.4. The lowest BCUT2D eigenvalue weighted by molar-refractivity contribution is -0.384. The van der Waals surface area contributed by atoms with Crippen molar-refractivity contribution in [3.8, 4) is 0 Å². The van der Waals surface area contributed by atoms with Crippen LogP contribution in [-0.2, 0) is 16.0 Å². The molecule has 0 fully saturated rings. The Hall–Kier alpha value is -2.45. The van der Waals surface area contributed by atoms with Crippen LogP contribution in [0.1, 0.15) is 22.8 Å². The van der Waals surface area contributed by atoms with Gasteiger partial charge < -0.3 is 10.1 Å². The first-order valence-electron chi connectivity index (χ1n) is 7.47. The summed E-state index contributed by atoms with van der Waals surface area (Å²) < 4.78 is 6.14. The highest BCUT2D eigenvalue weighted by molar-refractivity contribution is 9.10. The van der Waals surface area contributed by atoms with Gasteiger partial charge in [0, 0.05) is 23.0 Å². The molecule has 9 heteroatoms. The van der Waals surface area contributed by atoms with Crippen molar-refractivity contribution in [1.29, 1.82) is 0 Å². The molecule has 0 saturated carbocycles. The number of nitrogens with one attached hydrogen (secondary N) is 1. The maximum Gasteiger partial charge on any atom is 0.339 e. The molecule has 7 nitrogen and oxygen atoms in total. The van der Waals surface area contributed by atoms with E-state index in [9.17, 15) is 19.7 Å². The molecule has 0 saturated heterocycles. The Morgan fingerprint density at radius 1 is 1.35 bits per heavy atom. The maximum absolute atomic E-state index is 12.7. The lowest BCUT2D eigenvalue weighted by Gasteiger charge is -2.33. The molecule has 134 valence electrons. The van der Waals surface area contributed by atoms with Crippen LogP contribution in [0.25, 0.3) is 0 Å². The van der Waals surface area contributed by atoms with Crippen LogP contribution in [-0.4, -0.2) is 22.4 Å². The minimum atomic E-state index is -1.43. The standard InChI is InChI=1S/C17H12BrClN2O5/c1-17(8-9-6-10(18)2-4-12(9)15(22)26-17)16(23)20-14-5-3-11(21(24)25)7-13(14)19/h2-7H,8H2,1H3,(H,20,23). The van der Waals surface area contributed by atoms with Crippen molar-refractivity contribution in [3.63, 3.8) is 0 Å². The Balaban J connectivity index is 1.86. The van der Waals surface area contributed by atoms with E-state index in [0.29, 0.717) is 11.1 Å². The average Bonchev–Trinajstić information content (AvgIpc) is 2.55. The van der Waals surface area contributed by atoms with E-state index in [2.05, 4.69) is 21.2 Å². The normalized spacial score (nSPS) is 18.7. The molecule has 0 aliphatic carbocycles. The first-order chi connectivity index (χ1) is 12.2. The van der Waals surface area contributed by atoms with Crippen molar-refractivity contribution in [1.82, 2.24) is 0 Å². The van der Waals surface area contributed by atoms with Crippen LogP contribution in [0.2, 0.25) is 5.02 Å². The van der Waals surface area contributed by atoms with Gasteiger partial charge in [0.15, 0.2) is 5.60 Å². The number of nitro groups is 1. The fraction of sp³-hybridized carbons (Fsp3) is 0.176. The van der Waals surface area contributed by atoms with E-state index in [-0.39, 0.29) is 22.8 Å². The van der Waals surface area contributed by atoms with E-state index in [1.807, 2.05) is 0 Å². The van der Waals surface area contributed by atoms with Crippen LogP contribution in [0.3, 0.4) is 0 Å². The number of carbonyl (C=O) groups excluding carboxylic acids is 2. The molecule has 0 radical (unpaired) electrons. The number of hydrogen-bond acceptors (Lipinski definition) is 5. The van der Waals surface area contributed by atoms with Crippen LogP contribution in [0, 0.1) is 10.1 Å². The summed E-state index contributed by atoms with van der Waals surface area (Å²) >= 11 is 9.34. The molecule has 0 aromatic heterocycles. The van der Waals surface area contributed by atoms with E-state index >= 15 is 0 Å². The van der Waals surface area contributed by atoms with Crippen LogP contribution in [0.4, 0.5) is 11.4 Å². The Morgan fingerprint density at radius 3 is 2.73 bits per heavy atom. The average molecular weight is 440 g/mol. The number of anilines is 1. The van der Waals surface area contributed by atoms with Gasteiger partial charge in [-0.05, 0) is 36.8 Å². The zero-order valence-corrected chi connectivity index (χ0v) is 15.8. The maximum atomic E-state index is 12.7. The summed E-state index contributed by atoms with van der Waals surface area (Å²) in [5.41, 5.74) is -0.340. The Bertz CT molecular complexity index is 949. The largest absolute Gasteiger partial charge is 0.445 e. The van der Waals surface area contributed by atoms with Gasteiger partial charge in [-0.15, -0.1) is 0 Å². The number of non-ortho nitro benzene ring substituents is 1. The van der Waals surface area contributed by atoms with Crippen molar-refractivity contribution >= 4 is 50.8 Å². The Labute approximate surface area is 161 Å². The molecule has 2 aromatic carbocycles. The summed E-state index contributed by atoms with van der Waals surface area (Å²) in [5, 5.41) is 13.3. The number of ether oxygens (including phenoxy) is 1. The molecule has 1 atom stereocenters. The molecule has 1 heterocycles. The highest BCUT2D eigenvalue weighted by atomic mass is 79.9. The van der Waals surface area contributed by atoms with E-state index in [1.54, 1.807) is 18.2 Å². The number of rotatable bonds is 3. The van der Waals surface area contributed by atoms with Crippen molar-refractivity contribution < 1.29 is 19.2 Å². The van der Waals surface area contributed by atoms with Gasteiger partial charge in [0.05, 0.1) is 21.2 Å². The Morgan fingerprint density at radius 2 is 2.08 bits per heavy atom. The van der Waals surface area contributed by atoms with Crippen LogP contribution < -0.4 is 5.32 Å². The number of carbonyl (C=O) groups is 2. The molecule has 1 unspecified atom stereocenters. The van der Waals surface area contributed by atoms with Gasteiger partial charge in [0.25, 0.3) is 11.6 Å². The smallest absolute Gasteiger partial charge is 0.339 e. The van der Waals surface area contributed by atoms with E-state index in [1.165, 1.54) is 19.1 Å². The van der Waals surface area contributed by atoms with E-state index in [4.69, 9.17) is 16.3 Å². The van der Waals surface area contributed by atoms with Gasteiger partial charge in [0.1, 0.15) is 0 Å². The van der Waals surface area contributed by atoms with Gasteiger partial charge in [-0.3, -0.25) is 14.9 Å². The summed E-state index contributed by atoms with van der Waals surface area (Å²) in [6.07, 6.45) is 0.184. The molecule has 2 aromatic rings. The summed E-state index contributed by atoms with van der Waals surface area (Å²) in [6.45, 7) is 1.50. The number of esters is 1. The molecule has 0 bridgehead atoms. The summed E-state index contributed by atoms with van der Waals surface area (Å²) in [6, 6.07) is 8.81. The first kappa shape index (κ1) is 18.3. The first-order valence-corrected chi connectivity index (χ1v) is 8.64. The van der Waals surface area contributed by atoms with Crippen molar-refractivity contribution in [2.75, 3.05) is 5.32 Å². The van der Waals surface area contributed by atoms with Gasteiger partial charge in [-0.2, -0.15) is 0 Å². The predicted octanol–water partition coefficient (Wildman–Crippen LogP) is 4.12. The Kier molecular flexibility index (Phi) is 4.72. The third kappa shape index (κ3) is 3.42. The predicted molar refractivity (Wildman–Crippen MR) is 98.4 cm³/mol. The van der Waals surface area contributed by atoms with Crippen molar-refractivity contribution in [2.24, 2.45) is 0 Å². The second-order valence-corrected chi connectivity index (χ2v) is 7.30. The van der Waals surface area contributed by atoms with Crippen LogP contribution in [0.15, 0.2) is 40.9 Å². The number of nitrogens with zero attached hydrogens (tertiary/aromatic N) is 1. The lowest BCUT2D eigenvalue weighted by Crippen LogP contribution is -2.49. The molecule has 26 heavy (non-hydrogen) atoms. The summed E-state index contributed by atoms with van der Waals surface area (Å²) in [5.74, 6) is -1.17. The van der Waals surface area contributed by atoms with Crippen LogP contribution in [0.5, 0.6) is 0 Å². The molecule has 1 amide bonds. The molecule has 1 N–H and O–H groups in total. The second kappa shape index (κ2) is 6.69. The van der Waals surface area contributed by atoms with Gasteiger partial charge in [-0.1, -0.05) is 27.5 Å². The molecule has 1 aliphatic rings. The quantitative estimate of drug-likeness (QED) is 0.441. The number of amides is 1. The third-order valence-corrected chi connectivity index (χ3v) is 4.83. The lowest BCUT2D eigenvalue weighted by atomic mass is 9.89. The highest BCUT2D eigenvalue weighted by Crippen LogP contribution is 2.33. The number of nitro benzene ring substituents is 1. The molecule has 1 aliphatic heterocycles. The highest BCUT2D eigenvalue weighted by Gasteiger charge is 2.43. The number of fused-ring (bicyclic) bond motifs is 1. The monoisotopic (exact) mass is 438 g/mol. The topological polar surface area (TPSA) is 98.5 Å². The number of benzene rings is 2. The van der Waals surface area contributed by atoms with Crippen molar-refractivity contribution in [2.45, 2.75) is 18.9 Å². The summed E-state index contributed by atoms with van der Waals surface area (Å²) in [4.78, 5) is 35.1. The molecular formula is C17H12BrClN2O5. The minimum absolute atomic E-state index is 0.0152. The molecule has 0 spiro atoms. The zero-order chi connectivity index (χ0) is 19.1. The van der Waals surface area contributed by atoms with Gasteiger partial charge in [0.2, 0.25) is 0 Å². The van der Waals surface area contributed by atoms with E-state index < -0.39 is 22.4 Å². The minimum Gasteiger partial charge on any atom is -0.445 e. The fourth-order valence-corrected chi connectivity index (χ4v) is 3.30. The second-order valence-electron chi connectivity index (χ2n) is 5.97. The fourth-order valence-electron chi connectivity index (χ4n) is 2.67. The number of halogens is 2. The SMILES string of the molecule is CC1(C(=O)Nc2ccc([N+](=O)[O-])cc2Cl)Cc2cc(Br)ccc2C(=O)O1. The number of hydrogen-bond donors (Lipinski definition) is 1. The van der Waals surface area contributed by atoms with E-state index in [0.717, 1.165) is 10.5 Å². The molecule has 3 rings (SSSR count).